The lowest BCUT2D eigenvalue weighted by Gasteiger charge is -2.20. The van der Waals surface area contributed by atoms with Crippen LogP contribution in [0.1, 0.15) is 25.7 Å². The van der Waals surface area contributed by atoms with Gasteiger partial charge in [-0.05, 0) is 18.9 Å². The summed E-state index contributed by atoms with van der Waals surface area (Å²) in [6.07, 6.45) is 6.67. The Morgan fingerprint density at radius 1 is 1.04 bits per heavy atom. The standard InChI is InChI=1S/C18H24N4O/c23-18(21-12-6-1-2-7-13-21)19-11-15-22-14-10-17(20-22)16-8-4-3-5-9-16/h3-5,8-10,14H,1-2,6-7,11-13,15H2,(H,19,23). The van der Waals surface area contributed by atoms with Gasteiger partial charge in [0, 0.05) is 31.4 Å². The molecule has 1 aromatic carbocycles. The fraction of sp³-hybridized carbons (Fsp3) is 0.444. The van der Waals surface area contributed by atoms with Crippen LogP contribution >= 0.6 is 0 Å². The Morgan fingerprint density at radius 2 is 1.78 bits per heavy atom. The Morgan fingerprint density at radius 3 is 2.52 bits per heavy atom. The summed E-state index contributed by atoms with van der Waals surface area (Å²) in [6.45, 7) is 3.05. The van der Waals surface area contributed by atoms with E-state index in [4.69, 9.17) is 0 Å². The SMILES string of the molecule is O=C(NCCn1ccc(-c2ccccc2)n1)N1CCCCCC1. The van der Waals surface area contributed by atoms with Gasteiger partial charge in [0.1, 0.15) is 0 Å². The lowest BCUT2D eigenvalue weighted by molar-refractivity contribution is 0.199. The third-order valence-electron chi connectivity index (χ3n) is 4.22. The van der Waals surface area contributed by atoms with E-state index >= 15 is 0 Å². The number of carbonyl (C=O) groups excluding carboxylic acids is 1. The maximum atomic E-state index is 12.2. The van der Waals surface area contributed by atoms with Gasteiger partial charge in [-0.1, -0.05) is 43.2 Å². The average molecular weight is 312 g/mol. The first-order valence-electron chi connectivity index (χ1n) is 8.44. The number of nitrogens with one attached hydrogen (secondary N) is 1. The van der Waals surface area contributed by atoms with Crippen molar-refractivity contribution in [3.05, 3.63) is 42.6 Å². The molecule has 0 spiro atoms. The molecule has 0 atom stereocenters. The maximum absolute atomic E-state index is 12.2. The fourth-order valence-corrected chi connectivity index (χ4v) is 2.91. The summed E-state index contributed by atoms with van der Waals surface area (Å²) >= 11 is 0. The van der Waals surface area contributed by atoms with Crippen LogP contribution in [0.2, 0.25) is 0 Å². The topological polar surface area (TPSA) is 50.2 Å². The van der Waals surface area contributed by atoms with Crippen LogP contribution in [0.15, 0.2) is 42.6 Å². The van der Waals surface area contributed by atoms with Crippen LogP contribution in [-0.4, -0.2) is 40.3 Å². The van der Waals surface area contributed by atoms with Crippen molar-refractivity contribution in [3.8, 4) is 11.3 Å². The normalized spacial score (nSPS) is 15.2. The Hall–Kier alpha value is -2.30. The van der Waals surface area contributed by atoms with Crippen LogP contribution in [0.5, 0.6) is 0 Å². The van der Waals surface area contributed by atoms with Gasteiger partial charge in [-0.3, -0.25) is 4.68 Å². The Balaban J connectivity index is 1.47. The van der Waals surface area contributed by atoms with Crippen molar-refractivity contribution in [2.24, 2.45) is 0 Å². The number of benzene rings is 1. The van der Waals surface area contributed by atoms with E-state index in [1.165, 1.54) is 12.8 Å². The Bertz CT molecular complexity index is 615. The van der Waals surface area contributed by atoms with Crippen LogP contribution in [0.25, 0.3) is 11.3 Å². The molecule has 0 unspecified atom stereocenters. The van der Waals surface area contributed by atoms with Gasteiger partial charge < -0.3 is 10.2 Å². The highest BCUT2D eigenvalue weighted by Crippen LogP contribution is 2.15. The molecule has 1 fully saturated rings. The van der Waals surface area contributed by atoms with E-state index in [1.54, 1.807) is 0 Å². The van der Waals surface area contributed by atoms with Crippen LogP contribution in [0, 0.1) is 0 Å². The van der Waals surface area contributed by atoms with Crippen molar-refractivity contribution >= 4 is 6.03 Å². The summed E-state index contributed by atoms with van der Waals surface area (Å²) in [7, 11) is 0. The van der Waals surface area contributed by atoms with Gasteiger partial charge in [0.25, 0.3) is 0 Å². The molecule has 2 heterocycles. The molecule has 0 bridgehead atoms. The quantitative estimate of drug-likeness (QED) is 0.943. The summed E-state index contributed by atoms with van der Waals surface area (Å²) in [6, 6.07) is 12.2. The van der Waals surface area contributed by atoms with E-state index in [1.807, 2.05) is 52.2 Å². The monoisotopic (exact) mass is 312 g/mol. The Kier molecular flexibility index (Phi) is 5.29. The molecule has 1 aliphatic heterocycles. The van der Waals surface area contributed by atoms with E-state index in [2.05, 4.69) is 10.4 Å². The van der Waals surface area contributed by atoms with Crippen molar-refractivity contribution in [2.45, 2.75) is 32.2 Å². The highest BCUT2D eigenvalue weighted by atomic mass is 16.2. The number of aromatic nitrogens is 2. The first-order chi connectivity index (χ1) is 11.3. The van der Waals surface area contributed by atoms with Crippen molar-refractivity contribution < 1.29 is 4.79 Å². The molecule has 23 heavy (non-hydrogen) atoms. The third kappa shape index (κ3) is 4.34. The number of hydrogen-bond donors (Lipinski definition) is 1. The molecule has 1 aliphatic rings. The minimum Gasteiger partial charge on any atom is -0.336 e. The van der Waals surface area contributed by atoms with Gasteiger partial charge in [0.05, 0.1) is 12.2 Å². The van der Waals surface area contributed by atoms with E-state index in [9.17, 15) is 4.79 Å². The number of rotatable bonds is 4. The summed E-state index contributed by atoms with van der Waals surface area (Å²) < 4.78 is 1.88. The zero-order chi connectivity index (χ0) is 15.9. The van der Waals surface area contributed by atoms with Crippen molar-refractivity contribution in [1.82, 2.24) is 20.0 Å². The summed E-state index contributed by atoms with van der Waals surface area (Å²) in [5, 5.41) is 7.56. The molecule has 0 saturated carbocycles. The number of likely N-dealkylation sites (tertiary alicyclic amines) is 1. The van der Waals surface area contributed by atoms with Crippen LogP contribution in [0.4, 0.5) is 4.79 Å². The predicted molar refractivity (Wildman–Crippen MR) is 91.1 cm³/mol. The Labute approximate surface area is 137 Å². The fourth-order valence-electron chi connectivity index (χ4n) is 2.91. The minimum atomic E-state index is 0.0577. The van der Waals surface area contributed by atoms with E-state index < -0.39 is 0 Å². The molecule has 2 amide bonds. The average Bonchev–Trinajstić information content (AvgIpc) is 2.89. The third-order valence-corrected chi connectivity index (χ3v) is 4.22. The van der Waals surface area contributed by atoms with Gasteiger partial charge in [0.15, 0.2) is 0 Å². The summed E-state index contributed by atoms with van der Waals surface area (Å²) in [5.41, 5.74) is 2.07. The number of nitrogens with zero attached hydrogens (tertiary/aromatic N) is 3. The van der Waals surface area contributed by atoms with Gasteiger partial charge in [-0.2, -0.15) is 5.10 Å². The summed E-state index contributed by atoms with van der Waals surface area (Å²) in [4.78, 5) is 14.1. The number of carbonyl (C=O) groups is 1. The van der Waals surface area contributed by atoms with Gasteiger partial charge in [-0.15, -0.1) is 0 Å². The van der Waals surface area contributed by atoms with Crippen molar-refractivity contribution in [3.63, 3.8) is 0 Å². The molecule has 122 valence electrons. The second-order valence-corrected chi connectivity index (χ2v) is 5.96. The van der Waals surface area contributed by atoms with Crippen LogP contribution in [0.3, 0.4) is 0 Å². The largest absolute Gasteiger partial charge is 0.336 e. The molecule has 0 radical (unpaired) electrons. The maximum Gasteiger partial charge on any atom is 0.317 e. The molecule has 1 aromatic heterocycles. The minimum absolute atomic E-state index is 0.0577. The van der Waals surface area contributed by atoms with Crippen molar-refractivity contribution in [2.75, 3.05) is 19.6 Å². The zero-order valence-electron chi connectivity index (χ0n) is 13.4. The van der Waals surface area contributed by atoms with Crippen LogP contribution < -0.4 is 5.32 Å². The summed E-state index contributed by atoms with van der Waals surface area (Å²) in [5.74, 6) is 0. The van der Waals surface area contributed by atoms with E-state index in [0.29, 0.717) is 13.1 Å². The second-order valence-electron chi connectivity index (χ2n) is 5.96. The lowest BCUT2D eigenvalue weighted by atomic mass is 10.2. The smallest absolute Gasteiger partial charge is 0.317 e. The molecule has 2 aromatic rings. The lowest BCUT2D eigenvalue weighted by Crippen LogP contribution is -2.41. The molecular formula is C18H24N4O. The van der Waals surface area contributed by atoms with Crippen LogP contribution in [-0.2, 0) is 6.54 Å². The molecule has 5 nitrogen and oxygen atoms in total. The van der Waals surface area contributed by atoms with Gasteiger partial charge >= 0.3 is 6.03 Å². The number of hydrogen-bond acceptors (Lipinski definition) is 2. The molecule has 1 N–H and O–H groups in total. The molecule has 1 saturated heterocycles. The first kappa shape index (κ1) is 15.6. The van der Waals surface area contributed by atoms with E-state index in [-0.39, 0.29) is 6.03 Å². The van der Waals surface area contributed by atoms with Gasteiger partial charge in [0.2, 0.25) is 0 Å². The highest BCUT2D eigenvalue weighted by Gasteiger charge is 2.14. The number of amides is 2. The second kappa shape index (κ2) is 7.81. The van der Waals surface area contributed by atoms with E-state index in [0.717, 1.165) is 37.2 Å². The van der Waals surface area contributed by atoms with Crippen molar-refractivity contribution in [1.29, 1.82) is 0 Å². The first-order valence-corrected chi connectivity index (χ1v) is 8.44. The molecular weight excluding hydrogens is 288 g/mol. The van der Waals surface area contributed by atoms with Gasteiger partial charge in [-0.25, -0.2) is 4.79 Å². The molecule has 0 aliphatic carbocycles. The number of urea groups is 1. The highest BCUT2D eigenvalue weighted by molar-refractivity contribution is 5.74. The molecule has 3 rings (SSSR count). The predicted octanol–water partition coefficient (Wildman–Crippen LogP) is 3.14. The molecule has 5 heteroatoms. The zero-order valence-corrected chi connectivity index (χ0v) is 13.4.